The number of nitrogens with zero attached hydrogens (tertiary/aromatic N) is 4. The van der Waals surface area contributed by atoms with Gasteiger partial charge in [-0.1, -0.05) is 103 Å². The first-order valence-electron chi connectivity index (χ1n) is 14.9. The Labute approximate surface area is 254 Å². The number of imidazole rings is 1. The molecular formula is C39H27N5. The second-order valence-corrected chi connectivity index (χ2v) is 11.2. The molecule has 1 unspecified atom stereocenters. The molecule has 0 fully saturated rings. The Balaban J connectivity index is 1.17. The van der Waals surface area contributed by atoms with Crippen molar-refractivity contribution in [2.75, 3.05) is 10.2 Å². The highest BCUT2D eigenvalue weighted by Gasteiger charge is 2.31. The van der Waals surface area contributed by atoms with Crippen LogP contribution < -0.4 is 10.2 Å². The fourth-order valence-corrected chi connectivity index (χ4v) is 6.55. The maximum Gasteiger partial charge on any atom is 0.165 e. The van der Waals surface area contributed by atoms with Gasteiger partial charge in [-0.05, 0) is 59.2 Å². The molecule has 0 saturated carbocycles. The van der Waals surface area contributed by atoms with Gasteiger partial charge in [-0.2, -0.15) is 0 Å². The molecule has 0 bridgehead atoms. The SMILES string of the molecule is c1ccc(C2Nc3ccccc3N2c2cccc(-c3cccc(-c4nc5c(nc6ccccn65)c5ccccc45)c3)c2)cc1. The molecule has 0 amide bonds. The summed E-state index contributed by atoms with van der Waals surface area (Å²) in [5.74, 6) is 0. The minimum absolute atomic E-state index is 0.00274. The summed E-state index contributed by atoms with van der Waals surface area (Å²) in [6.45, 7) is 0. The Morgan fingerprint density at radius 3 is 2.20 bits per heavy atom. The van der Waals surface area contributed by atoms with E-state index >= 15 is 0 Å². The molecule has 8 aromatic rings. The summed E-state index contributed by atoms with van der Waals surface area (Å²) < 4.78 is 2.07. The first-order chi connectivity index (χ1) is 21.8. The Morgan fingerprint density at radius 1 is 0.568 bits per heavy atom. The average Bonchev–Trinajstić information content (AvgIpc) is 3.68. The third-order valence-corrected chi connectivity index (χ3v) is 8.58. The van der Waals surface area contributed by atoms with Crippen LogP contribution in [0.1, 0.15) is 11.7 Å². The van der Waals surface area contributed by atoms with E-state index in [4.69, 9.17) is 9.97 Å². The summed E-state index contributed by atoms with van der Waals surface area (Å²) in [5, 5.41) is 5.95. The molecule has 3 aromatic heterocycles. The lowest BCUT2D eigenvalue weighted by Crippen LogP contribution is -2.23. The van der Waals surface area contributed by atoms with Crippen LogP contribution in [-0.4, -0.2) is 14.4 Å². The van der Waals surface area contributed by atoms with E-state index in [9.17, 15) is 0 Å². The van der Waals surface area contributed by atoms with E-state index in [2.05, 4.69) is 142 Å². The number of rotatable bonds is 4. The van der Waals surface area contributed by atoms with Crippen LogP contribution in [0.3, 0.4) is 0 Å². The van der Waals surface area contributed by atoms with Crippen molar-refractivity contribution in [3.05, 3.63) is 157 Å². The molecule has 0 aliphatic carbocycles. The molecule has 1 aliphatic rings. The standard InChI is InChI=1S/C39H27N5/c1-2-12-26(13-3-1)38-40-33-20-6-7-21-34(33)44(38)30-17-11-15-28(25-30)27-14-10-16-29(24-27)36-31-18-4-5-19-32(31)37-39(42-36)43-23-9-8-22-35(43)41-37/h1-25,38,40H. The van der Waals surface area contributed by atoms with E-state index in [0.717, 1.165) is 61.3 Å². The van der Waals surface area contributed by atoms with E-state index in [0.29, 0.717) is 0 Å². The highest BCUT2D eigenvalue weighted by atomic mass is 15.3. The summed E-state index contributed by atoms with van der Waals surface area (Å²) in [6, 6.07) is 51.2. The van der Waals surface area contributed by atoms with Gasteiger partial charge < -0.3 is 10.2 Å². The van der Waals surface area contributed by atoms with E-state index in [-0.39, 0.29) is 6.17 Å². The van der Waals surface area contributed by atoms with Gasteiger partial charge in [-0.25, -0.2) is 9.97 Å². The van der Waals surface area contributed by atoms with Crippen LogP contribution in [0.2, 0.25) is 0 Å². The molecule has 5 aromatic carbocycles. The molecular weight excluding hydrogens is 538 g/mol. The number of pyridine rings is 2. The van der Waals surface area contributed by atoms with Crippen molar-refractivity contribution in [2.24, 2.45) is 0 Å². The maximum absolute atomic E-state index is 5.23. The number of aromatic nitrogens is 3. The third kappa shape index (κ3) is 3.87. The van der Waals surface area contributed by atoms with Crippen molar-refractivity contribution in [1.82, 2.24) is 14.4 Å². The monoisotopic (exact) mass is 565 g/mol. The minimum atomic E-state index is 0.00274. The van der Waals surface area contributed by atoms with Gasteiger partial charge in [0, 0.05) is 28.2 Å². The highest BCUT2D eigenvalue weighted by molar-refractivity contribution is 6.09. The maximum atomic E-state index is 5.23. The average molecular weight is 566 g/mol. The molecule has 0 spiro atoms. The molecule has 0 saturated heterocycles. The number of hydrogen-bond acceptors (Lipinski definition) is 4. The van der Waals surface area contributed by atoms with Crippen molar-refractivity contribution in [3.63, 3.8) is 0 Å². The quantitative estimate of drug-likeness (QED) is 0.231. The Kier molecular flexibility index (Phi) is 5.50. The highest BCUT2D eigenvalue weighted by Crippen LogP contribution is 2.46. The molecule has 208 valence electrons. The van der Waals surface area contributed by atoms with Crippen molar-refractivity contribution in [3.8, 4) is 22.4 Å². The third-order valence-electron chi connectivity index (χ3n) is 8.58. The Hall–Kier alpha value is -5.94. The molecule has 1 aliphatic heterocycles. The minimum Gasteiger partial charge on any atom is -0.359 e. The van der Waals surface area contributed by atoms with Gasteiger partial charge in [0.1, 0.15) is 17.3 Å². The first-order valence-corrected chi connectivity index (χ1v) is 14.9. The number of anilines is 3. The van der Waals surface area contributed by atoms with Crippen LogP contribution in [0.4, 0.5) is 17.1 Å². The first kappa shape index (κ1) is 24.6. The van der Waals surface area contributed by atoms with Crippen LogP contribution in [0.15, 0.2) is 152 Å². The second kappa shape index (κ2) is 9.82. The molecule has 0 radical (unpaired) electrons. The number of hydrogen-bond donors (Lipinski definition) is 1. The van der Waals surface area contributed by atoms with Gasteiger partial charge in [-0.3, -0.25) is 4.40 Å². The van der Waals surface area contributed by atoms with Crippen molar-refractivity contribution < 1.29 is 0 Å². The fourth-order valence-electron chi connectivity index (χ4n) is 6.55. The van der Waals surface area contributed by atoms with E-state index in [1.54, 1.807) is 0 Å². The van der Waals surface area contributed by atoms with Gasteiger partial charge in [0.25, 0.3) is 0 Å². The Bertz CT molecular complexity index is 2340. The van der Waals surface area contributed by atoms with Gasteiger partial charge >= 0.3 is 0 Å². The molecule has 9 rings (SSSR count). The number of benzene rings is 5. The largest absolute Gasteiger partial charge is 0.359 e. The van der Waals surface area contributed by atoms with Gasteiger partial charge in [0.05, 0.1) is 17.1 Å². The molecule has 5 nitrogen and oxygen atoms in total. The van der Waals surface area contributed by atoms with Crippen LogP contribution in [0, 0.1) is 0 Å². The van der Waals surface area contributed by atoms with Crippen LogP contribution in [0.5, 0.6) is 0 Å². The smallest absolute Gasteiger partial charge is 0.165 e. The second-order valence-electron chi connectivity index (χ2n) is 11.2. The number of nitrogens with one attached hydrogen (secondary N) is 1. The Morgan fingerprint density at radius 2 is 1.30 bits per heavy atom. The van der Waals surface area contributed by atoms with Crippen LogP contribution >= 0.6 is 0 Å². The van der Waals surface area contributed by atoms with Crippen molar-refractivity contribution in [1.29, 1.82) is 0 Å². The van der Waals surface area contributed by atoms with E-state index in [1.165, 1.54) is 11.3 Å². The zero-order chi connectivity index (χ0) is 29.0. The summed E-state index contributed by atoms with van der Waals surface area (Å²) in [6.07, 6.45) is 2.04. The number of para-hydroxylation sites is 2. The summed E-state index contributed by atoms with van der Waals surface area (Å²) in [7, 11) is 0. The molecule has 44 heavy (non-hydrogen) atoms. The van der Waals surface area contributed by atoms with E-state index < -0.39 is 0 Å². The summed E-state index contributed by atoms with van der Waals surface area (Å²) in [4.78, 5) is 12.5. The van der Waals surface area contributed by atoms with Crippen LogP contribution in [-0.2, 0) is 0 Å². The van der Waals surface area contributed by atoms with Gasteiger partial charge in [-0.15, -0.1) is 0 Å². The molecule has 5 heteroatoms. The zero-order valence-corrected chi connectivity index (χ0v) is 23.8. The summed E-state index contributed by atoms with van der Waals surface area (Å²) >= 11 is 0. The zero-order valence-electron chi connectivity index (χ0n) is 23.8. The molecule has 4 heterocycles. The predicted molar refractivity (Wildman–Crippen MR) is 180 cm³/mol. The van der Waals surface area contributed by atoms with Crippen molar-refractivity contribution >= 4 is 44.6 Å². The lowest BCUT2D eigenvalue weighted by atomic mass is 9.98. The van der Waals surface area contributed by atoms with E-state index in [1.807, 2.05) is 24.4 Å². The van der Waals surface area contributed by atoms with Gasteiger partial charge in [0.15, 0.2) is 5.65 Å². The topological polar surface area (TPSA) is 45.5 Å². The van der Waals surface area contributed by atoms with Gasteiger partial charge in [0.2, 0.25) is 0 Å². The molecule has 1 atom stereocenters. The predicted octanol–water partition coefficient (Wildman–Crippen LogP) is 9.63. The normalized spacial score (nSPS) is 14.3. The number of fused-ring (bicyclic) bond motifs is 6. The van der Waals surface area contributed by atoms with Crippen molar-refractivity contribution in [2.45, 2.75) is 6.17 Å². The molecule has 1 N–H and O–H groups in total. The fraction of sp³-hybridized carbons (Fsp3) is 0.0256. The lowest BCUT2D eigenvalue weighted by Gasteiger charge is -2.28. The summed E-state index contributed by atoms with van der Waals surface area (Å²) in [5.41, 5.74) is 11.7. The van der Waals surface area contributed by atoms with Crippen LogP contribution in [0.25, 0.3) is 50.0 Å². The lowest BCUT2D eigenvalue weighted by molar-refractivity contribution is 0.828.